The number of esters is 2. The van der Waals surface area contributed by atoms with Gasteiger partial charge in [-0.15, -0.1) is 0 Å². The van der Waals surface area contributed by atoms with Crippen molar-refractivity contribution in [2.75, 3.05) is 7.11 Å². The van der Waals surface area contributed by atoms with Crippen LogP contribution in [0.5, 0.6) is 11.5 Å². The molecule has 1 N–H and O–H groups in total. The van der Waals surface area contributed by atoms with Gasteiger partial charge in [-0.2, -0.15) is 10.5 Å². The molecule has 0 amide bonds. The number of rotatable bonds is 3. The molecule has 0 unspecified atom stereocenters. The first-order valence-electron chi connectivity index (χ1n) is 5.59. The Bertz CT molecular complexity index is 708. The fourth-order valence-electron chi connectivity index (χ4n) is 1.48. The van der Waals surface area contributed by atoms with Crippen LogP contribution in [-0.4, -0.2) is 24.2 Å². The van der Waals surface area contributed by atoms with Crippen molar-refractivity contribution in [3.05, 3.63) is 28.8 Å². The average molecular weight is 286 g/mol. The van der Waals surface area contributed by atoms with Gasteiger partial charge in [-0.3, -0.25) is 4.79 Å². The number of methoxy groups -OCH3 is 1. The summed E-state index contributed by atoms with van der Waals surface area (Å²) in [6.45, 7) is 1.13. The Morgan fingerprint density at radius 3 is 2.38 bits per heavy atom. The summed E-state index contributed by atoms with van der Waals surface area (Å²) in [7, 11) is 1.18. The molecule has 0 radical (unpaired) electrons. The zero-order chi connectivity index (χ0) is 16.0. The monoisotopic (exact) mass is 286 g/mol. The van der Waals surface area contributed by atoms with Crippen molar-refractivity contribution in [3.8, 4) is 23.6 Å². The van der Waals surface area contributed by atoms with E-state index in [-0.39, 0.29) is 22.4 Å². The van der Waals surface area contributed by atoms with Gasteiger partial charge in [0, 0.05) is 18.6 Å². The van der Waals surface area contributed by atoms with E-state index in [1.807, 2.05) is 0 Å². The number of carbonyl (C=O) groups excluding carboxylic acids is 2. The molecule has 1 aromatic carbocycles. The number of phenols is 1. The summed E-state index contributed by atoms with van der Waals surface area (Å²) < 4.78 is 9.23. The predicted octanol–water partition coefficient (Wildman–Crippen LogP) is 1.25. The van der Waals surface area contributed by atoms with Crippen molar-refractivity contribution in [2.24, 2.45) is 0 Å². The SMILES string of the molecule is COC(=O)C=Cc1cc(OC(C)=O)c(C#N)c(C#N)c1O. The Balaban J connectivity index is 3.50. The molecule has 0 aliphatic carbocycles. The van der Waals surface area contributed by atoms with Crippen LogP contribution in [0.15, 0.2) is 12.1 Å². The summed E-state index contributed by atoms with van der Waals surface area (Å²) in [4.78, 5) is 22.1. The Kier molecular flexibility index (Phi) is 5.05. The van der Waals surface area contributed by atoms with Crippen molar-refractivity contribution in [1.82, 2.24) is 0 Å². The third-order valence-corrected chi connectivity index (χ3v) is 2.37. The summed E-state index contributed by atoms with van der Waals surface area (Å²) in [5, 5.41) is 28.0. The number of nitrogens with zero attached hydrogens (tertiary/aromatic N) is 2. The molecule has 7 heteroatoms. The Morgan fingerprint density at radius 1 is 1.29 bits per heavy atom. The predicted molar refractivity (Wildman–Crippen MR) is 69.9 cm³/mol. The molecule has 0 saturated heterocycles. The number of benzene rings is 1. The summed E-state index contributed by atoms with van der Waals surface area (Å²) in [5.41, 5.74) is -0.576. The highest BCUT2D eigenvalue weighted by molar-refractivity contribution is 5.88. The van der Waals surface area contributed by atoms with Gasteiger partial charge in [0.05, 0.1) is 7.11 Å². The lowest BCUT2D eigenvalue weighted by molar-refractivity contribution is -0.135. The van der Waals surface area contributed by atoms with Gasteiger partial charge in [-0.05, 0) is 12.1 Å². The summed E-state index contributed by atoms with van der Waals surface area (Å²) >= 11 is 0. The van der Waals surface area contributed by atoms with E-state index in [2.05, 4.69) is 4.74 Å². The number of ether oxygens (including phenoxy) is 2. The molecule has 21 heavy (non-hydrogen) atoms. The van der Waals surface area contributed by atoms with Gasteiger partial charge in [-0.1, -0.05) is 0 Å². The fourth-order valence-corrected chi connectivity index (χ4v) is 1.48. The quantitative estimate of drug-likeness (QED) is 0.504. The third kappa shape index (κ3) is 3.58. The van der Waals surface area contributed by atoms with Crippen LogP contribution in [0, 0.1) is 22.7 Å². The van der Waals surface area contributed by atoms with Crippen LogP contribution in [-0.2, 0) is 14.3 Å². The number of phenolic OH excluding ortho intramolecular Hbond substituents is 1. The number of carbonyl (C=O) groups is 2. The first-order valence-corrected chi connectivity index (χ1v) is 5.59. The van der Waals surface area contributed by atoms with Gasteiger partial charge in [0.15, 0.2) is 5.75 Å². The average Bonchev–Trinajstić information content (AvgIpc) is 2.45. The summed E-state index contributed by atoms with van der Waals surface area (Å²) in [6, 6.07) is 4.52. The molecule has 0 spiro atoms. The van der Waals surface area contributed by atoms with Crippen molar-refractivity contribution in [1.29, 1.82) is 10.5 Å². The zero-order valence-electron chi connectivity index (χ0n) is 11.2. The van der Waals surface area contributed by atoms with E-state index < -0.39 is 17.7 Å². The second kappa shape index (κ2) is 6.73. The van der Waals surface area contributed by atoms with Crippen molar-refractivity contribution in [2.45, 2.75) is 6.92 Å². The van der Waals surface area contributed by atoms with Gasteiger partial charge in [0.1, 0.15) is 29.0 Å². The zero-order valence-corrected chi connectivity index (χ0v) is 11.2. The smallest absolute Gasteiger partial charge is 0.330 e. The molecule has 1 rings (SSSR count). The van der Waals surface area contributed by atoms with E-state index in [0.29, 0.717) is 0 Å². The molecule has 0 aromatic heterocycles. The molecule has 0 aliphatic rings. The topological polar surface area (TPSA) is 120 Å². The standard InChI is InChI=1S/C14H10N2O5/c1-8(17)21-12-5-9(3-4-13(18)20-2)14(19)11(7-16)10(12)6-15/h3-5,19H,1-2H3. The molecule has 0 heterocycles. The largest absolute Gasteiger partial charge is 0.506 e. The van der Waals surface area contributed by atoms with E-state index in [4.69, 9.17) is 15.3 Å². The van der Waals surface area contributed by atoms with Crippen molar-refractivity contribution < 1.29 is 24.2 Å². The van der Waals surface area contributed by atoms with Gasteiger partial charge >= 0.3 is 11.9 Å². The normalized spacial score (nSPS) is 9.71. The molecule has 106 valence electrons. The maximum atomic E-state index is 11.0. The molecular weight excluding hydrogens is 276 g/mol. The number of hydrogen-bond acceptors (Lipinski definition) is 7. The number of aromatic hydroxyl groups is 1. The van der Waals surface area contributed by atoms with Crippen LogP contribution < -0.4 is 4.74 Å². The molecule has 0 aliphatic heterocycles. The van der Waals surface area contributed by atoms with Gasteiger partial charge in [-0.25, -0.2) is 4.79 Å². The lowest BCUT2D eigenvalue weighted by Crippen LogP contribution is -2.05. The lowest BCUT2D eigenvalue weighted by atomic mass is 10.0. The van der Waals surface area contributed by atoms with Crippen LogP contribution in [0.3, 0.4) is 0 Å². The Hall–Kier alpha value is -3.32. The Morgan fingerprint density at radius 2 is 1.90 bits per heavy atom. The minimum atomic E-state index is -0.691. The highest BCUT2D eigenvalue weighted by Gasteiger charge is 2.19. The van der Waals surface area contributed by atoms with Crippen LogP contribution in [0.4, 0.5) is 0 Å². The molecule has 0 atom stereocenters. The molecule has 1 aromatic rings. The number of nitriles is 2. The van der Waals surface area contributed by atoms with Crippen LogP contribution in [0.2, 0.25) is 0 Å². The van der Waals surface area contributed by atoms with E-state index in [1.54, 1.807) is 12.1 Å². The van der Waals surface area contributed by atoms with E-state index >= 15 is 0 Å². The van der Waals surface area contributed by atoms with Crippen molar-refractivity contribution >= 4 is 18.0 Å². The summed E-state index contributed by atoms with van der Waals surface area (Å²) in [6.07, 6.45) is 2.19. The lowest BCUT2D eigenvalue weighted by Gasteiger charge is -2.09. The second-order valence-electron chi connectivity index (χ2n) is 3.74. The molecule has 0 fully saturated rings. The van der Waals surface area contributed by atoms with Crippen molar-refractivity contribution in [3.63, 3.8) is 0 Å². The van der Waals surface area contributed by atoms with E-state index in [9.17, 15) is 14.7 Å². The summed E-state index contributed by atoms with van der Waals surface area (Å²) in [5.74, 6) is -2.04. The Labute approximate surface area is 120 Å². The van der Waals surface area contributed by atoms with E-state index in [0.717, 1.165) is 13.0 Å². The highest BCUT2D eigenvalue weighted by atomic mass is 16.5. The van der Waals surface area contributed by atoms with E-state index in [1.165, 1.54) is 19.3 Å². The second-order valence-corrected chi connectivity index (χ2v) is 3.74. The minimum absolute atomic E-state index is 0.0344. The maximum absolute atomic E-state index is 11.0. The first-order chi connectivity index (χ1) is 9.94. The van der Waals surface area contributed by atoms with Crippen LogP contribution >= 0.6 is 0 Å². The molecule has 0 saturated carbocycles. The van der Waals surface area contributed by atoms with Gasteiger partial charge in [0.25, 0.3) is 0 Å². The first kappa shape index (κ1) is 15.7. The van der Waals surface area contributed by atoms with Gasteiger partial charge < -0.3 is 14.6 Å². The maximum Gasteiger partial charge on any atom is 0.330 e. The van der Waals surface area contributed by atoms with Gasteiger partial charge in [0.2, 0.25) is 0 Å². The third-order valence-electron chi connectivity index (χ3n) is 2.37. The van der Waals surface area contributed by atoms with Crippen LogP contribution in [0.25, 0.3) is 6.08 Å². The van der Waals surface area contributed by atoms with Crippen LogP contribution in [0.1, 0.15) is 23.6 Å². The molecular formula is C14H10N2O5. The fraction of sp³-hybridized carbons (Fsp3) is 0.143. The molecule has 0 bridgehead atoms. The molecule has 7 nitrogen and oxygen atoms in total. The minimum Gasteiger partial charge on any atom is -0.506 e. The highest BCUT2D eigenvalue weighted by Crippen LogP contribution is 2.33. The number of hydrogen-bond donors (Lipinski definition) is 1.